The van der Waals surface area contributed by atoms with Gasteiger partial charge in [-0.25, -0.2) is 9.18 Å². The maximum absolute atomic E-state index is 13.0. The first-order chi connectivity index (χ1) is 8.78. The van der Waals surface area contributed by atoms with Crippen LogP contribution in [0.2, 0.25) is 0 Å². The summed E-state index contributed by atoms with van der Waals surface area (Å²) in [4.78, 5) is 11.4. The summed E-state index contributed by atoms with van der Waals surface area (Å²) >= 11 is 0. The Bertz CT molecular complexity index is 442. The number of hydrogen-bond acceptors (Lipinski definition) is 3. The molecule has 0 aromatic heterocycles. The number of alkyl carbamates (subject to hydrolysis) is 1. The van der Waals surface area contributed by atoms with Crippen LogP contribution in [0, 0.1) is 5.82 Å². The van der Waals surface area contributed by atoms with Gasteiger partial charge in [-0.15, -0.1) is 0 Å². The Balaban J connectivity index is 2.27. The topological polar surface area (TPSA) is 64.3 Å². The van der Waals surface area contributed by atoms with Gasteiger partial charge in [0.05, 0.1) is 5.69 Å². The highest BCUT2D eigenvalue weighted by atomic mass is 19.1. The van der Waals surface area contributed by atoms with E-state index in [1.807, 2.05) is 20.8 Å². The predicted octanol–water partition coefficient (Wildman–Crippen LogP) is 2.87. The molecule has 0 spiro atoms. The molecular weight excluding hydrogens is 247 g/mol. The molecule has 19 heavy (non-hydrogen) atoms. The number of amides is 1. The number of rotatable bonds is 4. The Morgan fingerprint density at radius 2 is 2.11 bits per heavy atom. The average Bonchev–Trinajstić information content (AvgIpc) is 2.27. The number of carbonyl (C=O) groups is 1. The van der Waals surface area contributed by atoms with Gasteiger partial charge in [0.1, 0.15) is 11.4 Å². The van der Waals surface area contributed by atoms with Gasteiger partial charge in [-0.3, -0.25) is 0 Å². The van der Waals surface area contributed by atoms with Gasteiger partial charge in [0.2, 0.25) is 0 Å². The molecule has 0 aliphatic rings. The van der Waals surface area contributed by atoms with Crippen LogP contribution in [-0.2, 0) is 11.2 Å². The fraction of sp³-hybridized carbons (Fsp3) is 0.500. The van der Waals surface area contributed by atoms with Crippen LogP contribution in [0.15, 0.2) is 18.2 Å². The molecule has 0 aliphatic carbocycles. The first-order valence-electron chi connectivity index (χ1n) is 6.29. The Labute approximate surface area is 113 Å². The summed E-state index contributed by atoms with van der Waals surface area (Å²) in [7, 11) is 0. The molecule has 0 saturated heterocycles. The van der Waals surface area contributed by atoms with E-state index in [-0.39, 0.29) is 5.69 Å². The third kappa shape index (κ3) is 6.08. The predicted molar refractivity (Wildman–Crippen MR) is 73.4 cm³/mol. The summed E-state index contributed by atoms with van der Waals surface area (Å²) < 4.78 is 18.1. The van der Waals surface area contributed by atoms with Crippen LogP contribution in [0.4, 0.5) is 14.9 Å². The Hall–Kier alpha value is -1.78. The fourth-order valence-corrected chi connectivity index (χ4v) is 1.55. The zero-order valence-corrected chi connectivity index (χ0v) is 11.6. The molecule has 5 heteroatoms. The molecule has 1 rings (SSSR count). The maximum atomic E-state index is 13.0. The molecule has 0 fully saturated rings. The standard InChI is InChI=1S/C14H21FN2O2/c1-14(2,3)19-13(18)17-8-4-5-10-6-7-11(15)12(16)9-10/h6-7,9H,4-5,8,16H2,1-3H3,(H,17,18). The van der Waals surface area contributed by atoms with Gasteiger partial charge in [0, 0.05) is 6.54 Å². The van der Waals surface area contributed by atoms with Crippen molar-refractivity contribution < 1.29 is 13.9 Å². The van der Waals surface area contributed by atoms with Crippen LogP contribution >= 0.6 is 0 Å². The van der Waals surface area contributed by atoms with Crippen LogP contribution in [0.1, 0.15) is 32.8 Å². The zero-order valence-electron chi connectivity index (χ0n) is 11.6. The van der Waals surface area contributed by atoms with Gasteiger partial charge >= 0.3 is 6.09 Å². The normalized spacial score (nSPS) is 11.2. The number of aryl methyl sites for hydroxylation is 1. The number of benzene rings is 1. The van der Waals surface area contributed by atoms with Crippen molar-refractivity contribution in [3.63, 3.8) is 0 Å². The van der Waals surface area contributed by atoms with Gasteiger partial charge in [-0.2, -0.15) is 0 Å². The number of nitrogens with one attached hydrogen (secondary N) is 1. The summed E-state index contributed by atoms with van der Waals surface area (Å²) in [6, 6.07) is 4.66. The van der Waals surface area contributed by atoms with E-state index < -0.39 is 17.5 Å². The van der Waals surface area contributed by atoms with Crippen molar-refractivity contribution in [1.82, 2.24) is 5.32 Å². The average molecular weight is 268 g/mol. The zero-order chi connectivity index (χ0) is 14.5. The van der Waals surface area contributed by atoms with E-state index in [4.69, 9.17) is 10.5 Å². The minimum atomic E-state index is -0.491. The number of carbonyl (C=O) groups excluding carboxylic acids is 1. The first-order valence-corrected chi connectivity index (χ1v) is 6.29. The van der Waals surface area contributed by atoms with E-state index in [1.54, 1.807) is 12.1 Å². The van der Waals surface area contributed by atoms with Crippen molar-refractivity contribution in [1.29, 1.82) is 0 Å². The molecule has 0 unspecified atom stereocenters. The van der Waals surface area contributed by atoms with E-state index in [1.165, 1.54) is 6.07 Å². The molecule has 0 saturated carbocycles. The highest BCUT2D eigenvalue weighted by Crippen LogP contribution is 2.13. The van der Waals surface area contributed by atoms with Gasteiger partial charge < -0.3 is 15.8 Å². The fourth-order valence-electron chi connectivity index (χ4n) is 1.55. The summed E-state index contributed by atoms with van der Waals surface area (Å²) in [5.74, 6) is -0.407. The molecule has 106 valence electrons. The summed E-state index contributed by atoms with van der Waals surface area (Å²) in [6.07, 6.45) is 1.04. The third-order valence-corrected chi connectivity index (χ3v) is 2.37. The molecule has 1 aromatic carbocycles. The largest absolute Gasteiger partial charge is 0.444 e. The summed E-state index contributed by atoms with van der Waals surface area (Å²) in [6.45, 7) is 5.95. The van der Waals surface area contributed by atoms with Gasteiger partial charge in [-0.05, 0) is 51.3 Å². The number of ether oxygens (including phenoxy) is 1. The molecular formula is C14H21FN2O2. The summed E-state index contributed by atoms with van der Waals surface area (Å²) in [5.41, 5.74) is 6.09. The molecule has 1 amide bonds. The minimum Gasteiger partial charge on any atom is -0.444 e. The lowest BCUT2D eigenvalue weighted by Gasteiger charge is -2.19. The monoisotopic (exact) mass is 268 g/mol. The molecule has 1 aromatic rings. The smallest absolute Gasteiger partial charge is 0.407 e. The molecule has 0 atom stereocenters. The molecule has 3 N–H and O–H groups in total. The number of nitrogens with two attached hydrogens (primary N) is 1. The second kappa shape index (κ2) is 6.41. The van der Waals surface area contributed by atoms with Crippen LogP contribution in [-0.4, -0.2) is 18.2 Å². The second-order valence-electron chi connectivity index (χ2n) is 5.39. The summed E-state index contributed by atoms with van der Waals surface area (Å²) in [5, 5.41) is 2.67. The van der Waals surface area contributed by atoms with E-state index in [2.05, 4.69) is 5.32 Å². The lowest BCUT2D eigenvalue weighted by molar-refractivity contribution is 0.0527. The highest BCUT2D eigenvalue weighted by molar-refractivity contribution is 5.67. The number of hydrogen-bond donors (Lipinski definition) is 2. The molecule has 0 radical (unpaired) electrons. The van der Waals surface area contributed by atoms with Crippen molar-refractivity contribution in [2.75, 3.05) is 12.3 Å². The van der Waals surface area contributed by atoms with Crippen molar-refractivity contribution in [3.8, 4) is 0 Å². The quantitative estimate of drug-likeness (QED) is 0.652. The van der Waals surface area contributed by atoms with Gasteiger partial charge in [0.25, 0.3) is 0 Å². The van der Waals surface area contributed by atoms with Crippen molar-refractivity contribution in [2.24, 2.45) is 0 Å². The number of halogens is 1. The van der Waals surface area contributed by atoms with Gasteiger partial charge in [0.15, 0.2) is 0 Å². The Morgan fingerprint density at radius 3 is 2.68 bits per heavy atom. The maximum Gasteiger partial charge on any atom is 0.407 e. The van der Waals surface area contributed by atoms with Crippen molar-refractivity contribution >= 4 is 11.8 Å². The lowest BCUT2D eigenvalue weighted by Crippen LogP contribution is -2.33. The SMILES string of the molecule is CC(C)(C)OC(=O)NCCCc1ccc(F)c(N)c1. The molecule has 4 nitrogen and oxygen atoms in total. The van der Waals surface area contributed by atoms with Crippen LogP contribution in [0.5, 0.6) is 0 Å². The van der Waals surface area contributed by atoms with Crippen molar-refractivity contribution in [3.05, 3.63) is 29.6 Å². The van der Waals surface area contributed by atoms with E-state index >= 15 is 0 Å². The molecule has 0 bridgehead atoms. The number of nitrogen functional groups attached to an aromatic ring is 1. The van der Waals surface area contributed by atoms with Crippen LogP contribution < -0.4 is 11.1 Å². The minimum absolute atomic E-state index is 0.151. The molecule has 0 heterocycles. The number of anilines is 1. The Kier molecular flexibility index (Phi) is 5.15. The van der Waals surface area contributed by atoms with E-state index in [0.29, 0.717) is 6.54 Å². The highest BCUT2D eigenvalue weighted by Gasteiger charge is 2.15. The Morgan fingerprint density at radius 1 is 1.42 bits per heavy atom. The third-order valence-electron chi connectivity index (χ3n) is 2.37. The van der Waals surface area contributed by atoms with Crippen LogP contribution in [0.3, 0.4) is 0 Å². The van der Waals surface area contributed by atoms with E-state index in [0.717, 1.165) is 18.4 Å². The first kappa shape index (κ1) is 15.3. The lowest BCUT2D eigenvalue weighted by atomic mass is 10.1. The second-order valence-corrected chi connectivity index (χ2v) is 5.39. The van der Waals surface area contributed by atoms with Crippen molar-refractivity contribution in [2.45, 2.75) is 39.2 Å². The van der Waals surface area contributed by atoms with Crippen LogP contribution in [0.25, 0.3) is 0 Å². The van der Waals surface area contributed by atoms with E-state index in [9.17, 15) is 9.18 Å². The molecule has 0 aliphatic heterocycles. The van der Waals surface area contributed by atoms with Gasteiger partial charge in [-0.1, -0.05) is 6.07 Å².